The van der Waals surface area contributed by atoms with E-state index in [0.29, 0.717) is 17.6 Å². The summed E-state index contributed by atoms with van der Waals surface area (Å²) in [6, 6.07) is 6.60. The molecule has 1 heterocycles. The van der Waals surface area contributed by atoms with Crippen LogP contribution in [0.15, 0.2) is 57.6 Å². The van der Waals surface area contributed by atoms with Crippen molar-refractivity contribution in [3.63, 3.8) is 0 Å². The minimum atomic E-state index is -0.635. The second-order valence-electron chi connectivity index (χ2n) is 10.2. The molecule has 4 aliphatic rings. The van der Waals surface area contributed by atoms with Crippen LogP contribution in [-0.2, 0) is 19.2 Å². The van der Waals surface area contributed by atoms with Crippen LogP contribution in [0.3, 0.4) is 0 Å². The normalized spacial score (nSPS) is 29.5. The lowest BCUT2D eigenvalue weighted by molar-refractivity contribution is -0.145. The van der Waals surface area contributed by atoms with E-state index in [0.717, 1.165) is 11.1 Å². The molecule has 4 unspecified atom stereocenters. The lowest BCUT2D eigenvalue weighted by atomic mass is 9.59. The largest absolute Gasteiger partial charge is 0.508 e. The van der Waals surface area contributed by atoms with Crippen molar-refractivity contribution in [2.75, 3.05) is 0 Å². The number of Topliss-reactive ketones (excluding diaryl/α,β-unsaturated/α-hetero) is 1. The molecule has 33 heavy (non-hydrogen) atoms. The van der Waals surface area contributed by atoms with Crippen molar-refractivity contribution in [1.82, 2.24) is 4.90 Å². The highest BCUT2D eigenvalue weighted by Gasteiger charge is 2.58. The van der Waals surface area contributed by atoms with Gasteiger partial charge >= 0.3 is 0 Å². The lowest BCUT2D eigenvalue weighted by Gasteiger charge is -2.42. The highest BCUT2D eigenvalue weighted by atomic mass is 79.9. The second kappa shape index (κ2) is 7.35. The van der Waals surface area contributed by atoms with Crippen LogP contribution < -0.4 is 0 Å². The number of benzene rings is 1. The summed E-state index contributed by atoms with van der Waals surface area (Å²) < 4.78 is 0.209. The number of rotatable bonds is 1. The first-order valence-corrected chi connectivity index (χ1v) is 11.9. The average Bonchev–Trinajstić information content (AvgIpc) is 3.01. The van der Waals surface area contributed by atoms with Gasteiger partial charge in [0.2, 0.25) is 11.8 Å². The Morgan fingerprint density at radius 2 is 1.67 bits per heavy atom. The number of halogens is 1. The number of carbonyl (C=O) groups is 4. The Kier molecular flexibility index (Phi) is 4.90. The molecule has 2 amide bonds. The minimum Gasteiger partial charge on any atom is -0.508 e. The second-order valence-corrected chi connectivity index (χ2v) is 11.0. The number of phenols is 1. The van der Waals surface area contributed by atoms with Gasteiger partial charge in [-0.25, -0.2) is 0 Å². The third kappa shape index (κ3) is 3.20. The number of nitrogens with zero attached hydrogens (tertiary/aromatic N) is 1. The summed E-state index contributed by atoms with van der Waals surface area (Å²) in [5, 5.41) is 9.79. The Morgan fingerprint density at radius 1 is 1.00 bits per heavy atom. The lowest BCUT2D eigenvalue weighted by Crippen LogP contribution is -2.46. The van der Waals surface area contributed by atoms with Crippen molar-refractivity contribution in [2.24, 2.45) is 17.8 Å². The number of imide groups is 1. The van der Waals surface area contributed by atoms with E-state index < -0.39 is 23.3 Å². The van der Waals surface area contributed by atoms with Gasteiger partial charge < -0.3 is 5.11 Å². The summed E-state index contributed by atoms with van der Waals surface area (Å²) in [4.78, 5) is 54.4. The molecule has 170 valence electrons. The maximum Gasteiger partial charge on any atom is 0.234 e. The quantitative estimate of drug-likeness (QED) is 0.351. The number of ketones is 2. The smallest absolute Gasteiger partial charge is 0.234 e. The first kappa shape index (κ1) is 22.0. The average molecular weight is 510 g/mol. The highest BCUT2D eigenvalue weighted by molar-refractivity contribution is 9.12. The van der Waals surface area contributed by atoms with Crippen molar-refractivity contribution in [3.8, 4) is 5.75 Å². The van der Waals surface area contributed by atoms with Crippen LogP contribution in [0.2, 0.25) is 0 Å². The Balaban J connectivity index is 1.68. The van der Waals surface area contributed by atoms with Gasteiger partial charge in [-0.2, -0.15) is 0 Å². The Bertz CT molecular complexity index is 1210. The molecule has 3 aliphatic carbocycles. The van der Waals surface area contributed by atoms with E-state index in [4.69, 9.17) is 0 Å². The molecular formula is C26H24BrNO5. The number of amides is 2. The standard InChI is InChI=1S/C26H24BrNO5/c1-26(2,3)28-24(32)15-9-8-14-16(21(15)25(28)33)10-17-22(19(30)11-18(27)23(17)31)20(14)12-4-6-13(29)7-5-12/h4-8,11,15-16,20-21,29H,9-10H2,1-3H3. The van der Waals surface area contributed by atoms with Gasteiger partial charge in [0.1, 0.15) is 5.75 Å². The summed E-state index contributed by atoms with van der Waals surface area (Å²) >= 11 is 3.22. The van der Waals surface area contributed by atoms with Gasteiger partial charge in [-0.1, -0.05) is 23.8 Å². The fourth-order valence-electron chi connectivity index (χ4n) is 5.91. The summed E-state index contributed by atoms with van der Waals surface area (Å²) in [5.74, 6) is -2.61. The summed E-state index contributed by atoms with van der Waals surface area (Å²) in [5.41, 5.74) is 1.88. The number of allylic oxidation sites excluding steroid dienone is 6. The van der Waals surface area contributed by atoms with Crippen molar-refractivity contribution in [3.05, 3.63) is 63.2 Å². The zero-order valence-corrected chi connectivity index (χ0v) is 20.2. The molecule has 6 nitrogen and oxygen atoms in total. The predicted molar refractivity (Wildman–Crippen MR) is 124 cm³/mol. The van der Waals surface area contributed by atoms with Crippen LogP contribution in [0.25, 0.3) is 0 Å². The third-order valence-corrected chi connectivity index (χ3v) is 7.82. The van der Waals surface area contributed by atoms with Gasteiger partial charge in [-0.15, -0.1) is 0 Å². The first-order valence-electron chi connectivity index (χ1n) is 11.1. The molecule has 1 N–H and O–H groups in total. The number of carbonyl (C=O) groups excluding carboxylic acids is 4. The molecule has 4 atom stereocenters. The van der Waals surface area contributed by atoms with E-state index in [1.165, 1.54) is 11.0 Å². The number of hydrogen-bond donors (Lipinski definition) is 1. The molecule has 1 fully saturated rings. The number of likely N-dealkylation sites (tertiary alicyclic amines) is 1. The van der Waals surface area contributed by atoms with E-state index in [1.54, 1.807) is 24.3 Å². The SMILES string of the molecule is CC(C)(C)N1C(=O)C2CC=C3C(c4ccc(O)cc4)C4=C(CC3C2C1=O)C(=O)C(Br)=CC4=O. The molecule has 0 radical (unpaired) electrons. The molecule has 0 aromatic heterocycles. The van der Waals surface area contributed by atoms with Gasteiger partial charge in [-0.05, 0) is 73.2 Å². The monoisotopic (exact) mass is 509 g/mol. The third-order valence-electron chi connectivity index (χ3n) is 7.23. The van der Waals surface area contributed by atoms with Crippen LogP contribution in [0.4, 0.5) is 0 Å². The minimum absolute atomic E-state index is 0.101. The van der Waals surface area contributed by atoms with Gasteiger partial charge in [0.15, 0.2) is 11.6 Å². The van der Waals surface area contributed by atoms with Gasteiger partial charge in [0.25, 0.3) is 0 Å². The van der Waals surface area contributed by atoms with Gasteiger partial charge in [0.05, 0.1) is 16.3 Å². The predicted octanol–water partition coefficient (Wildman–Crippen LogP) is 3.95. The van der Waals surface area contributed by atoms with E-state index in [1.807, 2.05) is 26.8 Å². The molecule has 1 aliphatic heterocycles. The molecule has 1 saturated heterocycles. The molecule has 0 spiro atoms. The van der Waals surface area contributed by atoms with E-state index >= 15 is 0 Å². The number of hydrogen-bond acceptors (Lipinski definition) is 5. The zero-order valence-electron chi connectivity index (χ0n) is 18.6. The van der Waals surface area contributed by atoms with Gasteiger partial charge in [-0.3, -0.25) is 24.1 Å². The molecule has 5 rings (SSSR count). The highest BCUT2D eigenvalue weighted by Crippen LogP contribution is 2.55. The Morgan fingerprint density at radius 3 is 2.30 bits per heavy atom. The van der Waals surface area contributed by atoms with Crippen molar-refractivity contribution >= 4 is 39.3 Å². The molecule has 1 aromatic rings. The Hall–Kier alpha value is -2.80. The summed E-state index contributed by atoms with van der Waals surface area (Å²) in [7, 11) is 0. The zero-order chi connectivity index (χ0) is 23.8. The topological polar surface area (TPSA) is 91.8 Å². The first-order chi connectivity index (χ1) is 15.5. The van der Waals surface area contributed by atoms with Gasteiger partial charge in [0, 0.05) is 28.7 Å². The number of fused-ring (bicyclic) bond motifs is 3. The number of aromatic hydroxyl groups is 1. The molecule has 1 aromatic carbocycles. The van der Waals surface area contributed by atoms with Crippen LogP contribution in [-0.4, -0.2) is 38.9 Å². The Labute approximate surface area is 200 Å². The fraction of sp³-hybridized carbons (Fsp3) is 0.385. The van der Waals surface area contributed by atoms with Crippen molar-refractivity contribution in [1.29, 1.82) is 0 Å². The summed E-state index contributed by atoms with van der Waals surface area (Å²) in [6.07, 6.45) is 3.98. The maximum atomic E-state index is 13.6. The molecule has 7 heteroatoms. The van der Waals surface area contributed by atoms with E-state index in [2.05, 4.69) is 15.9 Å². The number of phenolic OH excluding ortho intramolecular Hbond substituents is 1. The summed E-state index contributed by atoms with van der Waals surface area (Å²) in [6.45, 7) is 5.54. The van der Waals surface area contributed by atoms with E-state index in [9.17, 15) is 24.3 Å². The van der Waals surface area contributed by atoms with E-state index in [-0.39, 0.29) is 46.0 Å². The van der Waals surface area contributed by atoms with Crippen LogP contribution in [0.5, 0.6) is 5.75 Å². The van der Waals surface area contributed by atoms with Crippen molar-refractivity contribution < 1.29 is 24.3 Å². The van der Waals surface area contributed by atoms with Crippen LogP contribution in [0.1, 0.15) is 45.1 Å². The maximum absolute atomic E-state index is 13.6. The molecule has 0 bridgehead atoms. The molecule has 0 saturated carbocycles. The van der Waals surface area contributed by atoms with Crippen LogP contribution >= 0.6 is 15.9 Å². The molecular weight excluding hydrogens is 486 g/mol. The van der Waals surface area contributed by atoms with Crippen LogP contribution in [0, 0.1) is 17.8 Å². The fourth-order valence-corrected chi connectivity index (χ4v) is 6.36. The van der Waals surface area contributed by atoms with Crippen molar-refractivity contribution in [2.45, 2.75) is 45.1 Å².